The second-order valence-electron chi connectivity index (χ2n) is 37.4. The molecular weight excluding hydrogens is 1790 g/mol. The number of furan rings is 3. The number of benzene rings is 20. The number of hydrogen-bond donors (Lipinski definition) is 0. The summed E-state index contributed by atoms with van der Waals surface area (Å²) in [6, 6.07) is 152. The number of hydrogen-bond acceptors (Lipinski definition) is 15. The summed E-state index contributed by atoms with van der Waals surface area (Å²) in [7, 11) is 0. The maximum absolute atomic E-state index is 6.36. The third kappa shape index (κ3) is 13.1. The van der Waals surface area contributed by atoms with E-state index in [1.54, 1.807) is 24.8 Å². The quantitative estimate of drug-likeness (QED) is 0.134. The van der Waals surface area contributed by atoms with Gasteiger partial charge in [-0.2, -0.15) is 0 Å². The van der Waals surface area contributed by atoms with E-state index in [9.17, 15) is 0 Å². The summed E-state index contributed by atoms with van der Waals surface area (Å²) >= 11 is 0. The SMILES string of the molecule is c1ccc(-c2nc(-c3cccc4c(N5c6cc7ccccc7cc6-c6cccc7cccc5c67)cccc34)nc3c2oc2ccccc23)nc1.c1ccc2cc3c(cc2c1)-c1cccc2cccc(c12)N3c1ccc2cc(-c3nc(-c4ccncc4)c4oc5ccccc5c4n3)ccc2c1.c1cncc(-c2nc(-c3ccc(N4c5cc6ccccc6cc5-c5cccc6cccc4c56)cc3)nc3c2oc2ccccc23)c1. The summed E-state index contributed by atoms with van der Waals surface area (Å²) in [6.07, 6.45) is 8.93. The monoisotopic (exact) mass is 1860 g/mol. The molecule has 20 aromatic carbocycles. The van der Waals surface area contributed by atoms with Gasteiger partial charge in [0.25, 0.3) is 0 Å². The highest BCUT2D eigenvalue weighted by Gasteiger charge is 2.34. The molecule has 678 valence electrons. The van der Waals surface area contributed by atoms with Crippen LogP contribution in [0.25, 0.3) is 254 Å². The molecule has 9 aromatic heterocycles. The molecule has 12 heterocycles. The van der Waals surface area contributed by atoms with E-state index in [2.05, 4.69) is 357 Å². The topological polar surface area (TPSA) is 165 Å². The summed E-state index contributed by atoms with van der Waals surface area (Å²) in [5.41, 5.74) is 32.1. The normalized spacial score (nSPS) is 12.3. The average molecular weight is 1870 g/mol. The molecule has 146 heavy (non-hydrogen) atoms. The number of para-hydroxylation sites is 3. The first-order valence-electron chi connectivity index (χ1n) is 48.9. The molecular formula is C131H76N12O3. The molecule has 15 heteroatoms. The average Bonchev–Trinajstić information content (AvgIpc) is 1.04. The van der Waals surface area contributed by atoms with Crippen LogP contribution in [0, 0.1) is 0 Å². The van der Waals surface area contributed by atoms with Gasteiger partial charge >= 0.3 is 0 Å². The Balaban J connectivity index is 0.000000102. The van der Waals surface area contributed by atoms with Crippen LogP contribution in [0.15, 0.2) is 475 Å². The summed E-state index contributed by atoms with van der Waals surface area (Å²) in [5, 5.41) is 22.2. The summed E-state index contributed by atoms with van der Waals surface area (Å²) in [6.45, 7) is 0. The van der Waals surface area contributed by atoms with Gasteiger partial charge in [-0.15, -0.1) is 0 Å². The van der Waals surface area contributed by atoms with Gasteiger partial charge in [-0.1, -0.05) is 255 Å². The van der Waals surface area contributed by atoms with E-state index < -0.39 is 0 Å². The third-order valence-electron chi connectivity index (χ3n) is 29.1. The van der Waals surface area contributed by atoms with E-state index in [-0.39, 0.29) is 0 Å². The van der Waals surface area contributed by atoms with E-state index in [1.807, 2.05) is 109 Å². The molecule has 0 unspecified atom stereocenters. The Morgan fingerprint density at radius 2 is 0.582 bits per heavy atom. The van der Waals surface area contributed by atoms with Crippen LogP contribution in [0.1, 0.15) is 0 Å². The fourth-order valence-electron chi connectivity index (χ4n) is 22.5. The van der Waals surface area contributed by atoms with Crippen molar-refractivity contribution in [2.24, 2.45) is 0 Å². The van der Waals surface area contributed by atoms with Crippen LogP contribution in [-0.2, 0) is 0 Å². The number of fused-ring (bicyclic) bond motifs is 20. The Hall–Kier alpha value is -20.0. The highest BCUT2D eigenvalue weighted by molar-refractivity contribution is 6.22. The van der Waals surface area contributed by atoms with Crippen molar-refractivity contribution >= 4 is 204 Å². The van der Waals surface area contributed by atoms with Crippen LogP contribution in [0.3, 0.4) is 0 Å². The molecule has 3 aliphatic rings. The molecule has 0 fully saturated rings. The van der Waals surface area contributed by atoms with E-state index >= 15 is 0 Å². The number of aromatic nitrogens is 9. The molecule has 15 nitrogen and oxygen atoms in total. The van der Waals surface area contributed by atoms with Gasteiger partial charge in [0.05, 0.1) is 45.5 Å². The van der Waals surface area contributed by atoms with Crippen molar-refractivity contribution in [3.8, 4) is 101 Å². The highest BCUT2D eigenvalue weighted by Crippen LogP contribution is 2.58. The second-order valence-corrected chi connectivity index (χ2v) is 37.4. The number of rotatable bonds is 9. The molecule has 29 aromatic rings. The molecule has 0 amide bonds. The van der Waals surface area contributed by atoms with Gasteiger partial charge in [0.1, 0.15) is 50.4 Å². The highest BCUT2D eigenvalue weighted by atomic mass is 16.3. The Morgan fingerprint density at radius 3 is 1.12 bits per heavy atom. The number of pyridine rings is 3. The largest absolute Gasteiger partial charge is 0.452 e. The number of nitrogens with zero attached hydrogens (tertiary/aromatic N) is 12. The lowest BCUT2D eigenvalue weighted by Gasteiger charge is -2.34. The molecule has 3 aliphatic heterocycles. The molecule has 0 spiro atoms. The van der Waals surface area contributed by atoms with Crippen LogP contribution >= 0.6 is 0 Å². The van der Waals surface area contributed by atoms with Crippen molar-refractivity contribution in [3.05, 3.63) is 462 Å². The summed E-state index contributed by atoms with van der Waals surface area (Å²) < 4.78 is 19.0. The maximum Gasteiger partial charge on any atom is 0.181 e. The van der Waals surface area contributed by atoms with Crippen LogP contribution in [0.5, 0.6) is 0 Å². The van der Waals surface area contributed by atoms with Crippen LogP contribution in [0.4, 0.5) is 51.2 Å². The van der Waals surface area contributed by atoms with Crippen molar-refractivity contribution in [2.75, 3.05) is 14.7 Å². The van der Waals surface area contributed by atoms with Crippen molar-refractivity contribution in [3.63, 3.8) is 0 Å². The van der Waals surface area contributed by atoms with Gasteiger partial charge < -0.3 is 28.0 Å². The first-order chi connectivity index (χ1) is 72.4. The van der Waals surface area contributed by atoms with Gasteiger partial charge in [0.15, 0.2) is 34.2 Å². The molecule has 32 rings (SSSR count). The first-order valence-corrected chi connectivity index (χ1v) is 48.9. The zero-order chi connectivity index (χ0) is 95.7. The standard InChI is InChI=1S/2C45H26N4O.C41H24N4O/c1-2-8-30-26-39-37(25-29(30)7-1)35-12-5-9-27-10-6-13-38(41(27)35)49(39)34-18-17-31-23-33(16-15-32(31)24-34)45-47-42(28-19-21-46-22-20-28)44-43(48-45)36-11-3-4-14-40(36)50-44;1-2-12-29-26-39-35(25-28(29)11-1)32-18-7-13-27-14-8-22-38(41(27)32)49(39)37-21-10-16-30-31(37)17-9-19-33(30)45-47-42-34-15-3-4-23-40(34)50-44(42)43(48-45)36-20-5-6-24-46-36;1-2-9-28-23-35-33(22-27(28)8-1)31-14-5-10-25-11-6-15-34(37(25)31)45(35)30-19-17-26(18-20-30)41-43-38(29-12-7-21-42-24-29)40-39(44-41)32-13-3-4-16-36(32)46-40/h2*1-26H;1-24H. The zero-order valence-corrected chi connectivity index (χ0v) is 78.0. The van der Waals surface area contributed by atoms with Gasteiger partial charge in [0, 0.05) is 125 Å². The molecule has 0 aliphatic carbocycles. The first kappa shape index (κ1) is 81.9. The van der Waals surface area contributed by atoms with Gasteiger partial charge in [-0.05, 0) is 257 Å². The van der Waals surface area contributed by atoms with Crippen LogP contribution < -0.4 is 14.7 Å². The Labute approximate surface area is 833 Å². The lowest BCUT2D eigenvalue weighted by atomic mass is 9.88. The molecule has 0 radical (unpaired) electrons. The van der Waals surface area contributed by atoms with Crippen molar-refractivity contribution in [1.82, 2.24) is 44.9 Å². The second kappa shape index (κ2) is 32.8. The summed E-state index contributed by atoms with van der Waals surface area (Å²) in [5.74, 6) is 1.92. The third-order valence-corrected chi connectivity index (χ3v) is 29.1. The van der Waals surface area contributed by atoms with Gasteiger partial charge in [-0.3, -0.25) is 15.0 Å². The predicted octanol–water partition coefficient (Wildman–Crippen LogP) is 34.9. The minimum Gasteiger partial charge on any atom is -0.452 e. The Bertz CT molecular complexity index is 10500. The molecule has 0 saturated heterocycles. The zero-order valence-electron chi connectivity index (χ0n) is 78.0. The number of anilines is 9. The lowest BCUT2D eigenvalue weighted by Crippen LogP contribution is -2.15. The lowest BCUT2D eigenvalue weighted by molar-refractivity contribution is 0.666. The van der Waals surface area contributed by atoms with Gasteiger partial charge in [-0.25, -0.2) is 29.9 Å². The predicted molar refractivity (Wildman–Crippen MR) is 595 cm³/mol. The van der Waals surface area contributed by atoms with Crippen molar-refractivity contribution in [1.29, 1.82) is 0 Å². The van der Waals surface area contributed by atoms with Crippen LogP contribution in [0.2, 0.25) is 0 Å². The molecule has 0 bridgehead atoms. The summed E-state index contributed by atoms with van der Waals surface area (Å²) in [4.78, 5) is 51.1. The smallest absolute Gasteiger partial charge is 0.181 e. The molecule has 0 atom stereocenters. The Kier molecular flexibility index (Phi) is 18.4. The maximum atomic E-state index is 6.36. The fraction of sp³-hybridized carbons (Fsp3) is 0. The van der Waals surface area contributed by atoms with Crippen molar-refractivity contribution < 1.29 is 13.3 Å². The van der Waals surface area contributed by atoms with E-state index in [0.717, 1.165) is 139 Å². The minimum absolute atomic E-state index is 0.630. The van der Waals surface area contributed by atoms with E-state index in [1.165, 1.54) is 126 Å². The van der Waals surface area contributed by atoms with Crippen molar-refractivity contribution in [2.45, 2.75) is 0 Å². The van der Waals surface area contributed by atoms with Gasteiger partial charge in [0.2, 0.25) is 0 Å². The van der Waals surface area contributed by atoms with E-state index in [4.69, 9.17) is 43.2 Å². The van der Waals surface area contributed by atoms with Crippen LogP contribution in [-0.4, -0.2) is 44.9 Å². The Morgan fingerprint density at radius 1 is 0.192 bits per heavy atom. The minimum atomic E-state index is 0.630. The molecule has 0 N–H and O–H groups in total. The van der Waals surface area contributed by atoms with E-state index in [0.29, 0.717) is 39.9 Å². The molecule has 0 saturated carbocycles. The fourth-order valence-corrected chi connectivity index (χ4v) is 22.5.